The third kappa shape index (κ3) is 3.62. The van der Waals surface area contributed by atoms with Crippen molar-refractivity contribution in [3.8, 4) is 0 Å². The Balaban J connectivity index is 2.71. The van der Waals surface area contributed by atoms with Crippen LogP contribution in [-0.2, 0) is 13.2 Å². The highest BCUT2D eigenvalue weighted by molar-refractivity contribution is 7.71. The number of nitrogens with zero attached hydrogens (tertiary/aromatic N) is 3. The third-order valence-electron chi connectivity index (χ3n) is 2.89. The van der Waals surface area contributed by atoms with Crippen molar-refractivity contribution in [1.82, 2.24) is 19.7 Å². The lowest BCUT2D eigenvalue weighted by Crippen LogP contribution is -2.39. The number of aliphatic hydroxyl groups excluding tert-OH is 1. The molecule has 0 aromatic carbocycles. The van der Waals surface area contributed by atoms with Crippen molar-refractivity contribution in [3.63, 3.8) is 0 Å². The molecule has 0 atom stereocenters. The van der Waals surface area contributed by atoms with E-state index in [1.54, 1.807) is 0 Å². The Bertz CT molecular complexity index is 388. The van der Waals surface area contributed by atoms with E-state index in [1.807, 2.05) is 4.57 Å². The molecular formula is C11H22N4OS. The molecule has 98 valence electrons. The number of rotatable bonds is 6. The van der Waals surface area contributed by atoms with E-state index < -0.39 is 0 Å². The monoisotopic (exact) mass is 258 g/mol. The summed E-state index contributed by atoms with van der Waals surface area (Å²) in [7, 11) is 0. The molecular weight excluding hydrogens is 236 g/mol. The molecule has 5 nitrogen and oxygen atoms in total. The van der Waals surface area contributed by atoms with Crippen molar-refractivity contribution >= 4 is 12.2 Å². The summed E-state index contributed by atoms with van der Waals surface area (Å²) in [4.78, 5) is 2.38. The Morgan fingerprint density at radius 2 is 1.94 bits per heavy atom. The van der Waals surface area contributed by atoms with E-state index in [2.05, 4.69) is 42.8 Å². The Hall–Kier alpha value is -0.720. The predicted molar refractivity (Wildman–Crippen MR) is 70.3 cm³/mol. The van der Waals surface area contributed by atoms with Gasteiger partial charge < -0.3 is 9.67 Å². The summed E-state index contributed by atoms with van der Waals surface area (Å²) < 4.78 is 2.43. The van der Waals surface area contributed by atoms with Gasteiger partial charge >= 0.3 is 0 Å². The van der Waals surface area contributed by atoms with Gasteiger partial charge in [-0.1, -0.05) is 0 Å². The summed E-state index contributed by atoms with van der Waals surface area (Å²) in [5.74, 6) is 0.600. The summed E-state index contributed by atoms with van der Waals surface area (Å²) in [6.45, 7) is 10.3. The molecule has 0 spiro atoms. The van der Waals surface area contributed by atoms with Crippen LogP contribution in [0.25, 0.3) is 0 Å². The number of hydrogen-bond acceptors (Lipinski definition) is 4. The van der Waals surface area contributed by atoms with Crippen molar-refractivity contribution in [2.24, 2.45) is 0 Å². The van der Waals surface area contributed by atoms with E-state index in [4.69, 9.17) is 17.3 Å². The van der Waals surface area contributed by atoms with E-state index in [1.165, 1.54) is 0 Å². The predicted octanol–water partition coefficient (Wildman–Crippen LogP) is 1.55. The van der Waals surface area contributed by atoms with Crippen LogP contribution in [0, 0.1) is 4.77 Å². The van der Waals surface area contributed by atoms with Gasteiger partial charge in [0.25, 0.3) is 0 Å². The molecule has 17 heavy (non-hydrogen) atoms. The van der Waals surface area contributed by atoms with E-state index >= 15 is 0 Å². The van der Waals surface area contributed by atoms with Crippen LogP contribution in [0.4, 0.5) is 0 Å². The zero-order valence-corrected chi connectivity index (χ0v) is 11.8. The molecule has 0 aliphatic carbocycles. The largest absolute Gasteiger partial charge is 0.388 e. The van der Waals surface area contributed by atoms with Crippen LogP contribution in [0.3, 0.4) is 0 Å². The van der Waals surface area contributed by atoms with Gasteiger partial charge in [-0.15, -0.1) is 0 Å². The highest BCUT2D eigenvalue weighted by atomic mass is 32.1. The number of aromatic nitrogens is 3. The second-order valence-electron chi connectivity index (χ2n) is 4.68. The molecule has 1 aromatic rings. The fourth-order valence-electron chi connectivity index (χ4n) is 2.03. The van der Waals surface area contributed by atoms with Crippen LogP contribution in [0.15, 0.2) is 0 Å². The first-order valence-electron chi connectivity index (χ1n) is 5.98. The summed E-state index contributed by atoms with van der Waals surface area (Å²) in [5, 5.41) is 15.8. The SMILES string of the molecule is CC(C)N(CCn1c(CO)n[nH]c1=S)C(C)C. The Labute approximate surface area is 107 Å². The van der Waals surface area contributed by atoms with E-state index in [0.717, 1.165) is 13.1 Å². The molecule has 0 amide bonds. The number of aromatic amines is 1. The van der Waals surface area contributed by atoms with Gasteiger partial charge in [0.15, 0.2) is 10.6 Å². The maximum Gasteiger partial charge on any atom is 0.195 e. The molecule has 1 aromatic heterocycles. The van der Waals surface area contributed by atoms with Gasteiger partial charge in [0.05, 0.1) is 0 Å². The lowest BCUT2D eigenvalue weighted by Gasteiger charge is -2.30. The Morgan fingerprint density at radius 3 is 2.41 bits per heavy atom. The van der Waals surface area contributed by atoms with Gasteiger partial charge in [-0.25, -0.2) is 0 Å². The van der Waals surface area contributed by atoms with Crippen LogP contribution in [0.1, 0.15) is 33.5 Å². The zero-order chi connectivity index (χ0) is 13.0. The standard InChI is InChI=1S/C11H22N4OS/c1-8(2)14(9(3)4)5-6-15-10(7-16)12-13-11(15)17/h8-9,16H,5-7H2,1-4H3,(H,13,17). The molecule has 1 rings (SSSR count). The Kier molecular flexibility index (Phi) is 5.30. The normalized spacial score (nSPS) is 12.0. The van der Waals surface area contributed by atoms with Crippen molar-refractivity contribution < 1.29 is 5.11 Å². The summed E-state index contributed by atoms with van der Waals surface area (Å²) in [6.07, 6.45) is 0. The first-order chi connectivity index (χ1) is 7.97. The molecule has 0 radical (unpaired) electrons. The maximum atomic E-state index is 9.15. The lowest BCUT2D eigenvalue weighted by atomic mass is 10.2. The lowest BCUT2D eigenvalue weighted by molar-refractivity contribution is 0.165. The van der Waals surface area contributed by atoms with Crippen LogP contribution in [0.5, 0.6) is 0 Å². The van der Waals surface area contributed by atoms with Crippen molar-refractivity contribution in [2.75, 3.05) is 6.54 Å². The maximum absolute atomic E-state index is 9.15. The highest BCUT2D eigenvalue weighted by Gasteiger charge is 2.14. The average Bonchev–Trinajstić information content (AvgIpc) is 2.59. The average molecular weight is 258 g/mol. The van der Waals surface area contributed by atoms with Crippen LogP contribution in [0.2, 0.25) is 0 Å². The molecule has 0 aliphatic rings. The minimum atomic E-state index is -0.0868. The molecule has 0 bridgehead atoms. The molecule has 0 saturated heterocycles. The van der Waals surface area contributed by atoms with Crippen molar-refractivity contribution in [1.29, 1.82) is 0 Å². The summed E-state index contributed by atoms with van der Waals surface area (Å²) in [6, 6.07) is 0.988. The molecule has 0 aliphatic heterocycles. The minimum Gasteiger partial charge on any atom is -0.388 e. The van der Waals surface area contributed by atoms with E-state index in [9.17, 15) is 0 Å². The van der Waals surface area contributed by atoms with Crippen LogP contribution in [-0.4, -0.2) is 43.4 Å². The fourth-order valence-corrected chi connectivity index (χ4v) is 2.27. The first kappa shape index (κ1) is 14.3. The second-order valence-corrected chi connectivity index (χ2v) is 5.07. The smallest absolute Gasteiger partial charge is 0.195 e. The quantitative estimate of drug-likeness (QED) is 0.760. The van der Waals surface area contributed by atoms with Gasteiger partial charge in [0.1, 0.15) is 6.61 Å². The number of hydrogen-bond donors (Lipinski definition) is 2. The number of H-pyrrole nitrogens is 1. The summed E-state index contributed by atoms with van der Waals surface area (Å²) in [5.41, 5.74) is 0. The van der Waals surface area contributed by atoms with Crippen LogP contribution < -0.4 is 0 Å². The van der Waals surface area contributed by atoms with Gasteiger partial charge in [-0.2, -0.15) is 5.10 Å². The van der Waals surface area contributed by atoms with Crippen molar-refractivity contribution in [3.05, 3.63) is 10.6 Å². The Morgan fingerprint density at radius 1 is 1.35 bits per heavy atom. The van der Waals surface area contributed by atoms with Gasteiger partial charge in [0, 0.05) is 25.2 Å². The molecule has 2 N–H and O–H groups in total. The molecule has 6 heteroatoms. The molecule has 0 unspecified atom stereocenters. The molecule has 0 saturated carbocycles. The topological polar surface area (TPSA) is 57.1 Å². The van der Waals surface area contributed by atoms with Gasteiger partial charge in [-0.3, -0.25) is 10.00 Å². The van der Waals surface area contributed by atoms with Gasteiger partial charge in [0.2, 0.25) is 0 Å². The number of nitrogens with one attached hydrogen (secondary N) is 1. The first-order valence-corrected chi connectivity index (χ1v) is 6.38. The highest BCUT2D eigenvalue weighted by Crippen LogP contribution is 2.06. The third-order valence-corrected chi connectivity index (χ3v) is 3.20. The van der Waals surface area contributed by atoms with E-state index in [0.29, 0.717) is 22.7 Å². The summed E-state index contributed by atoms with van der Waals surface area (Å²) >= 11 is 5.14. The molecule has 1 heterocycles. The molecule has 0 fully saturated rings. The second kappa shape index (κ2) is 6.28. The van der Waals surface area contributed by atoms with Crippen LogP contribution >= 0.6 is 12.2 Å². The van der Waals surface area contributed by atoms with E-state index in [-0.39, 0.29) is 6.61 Å². The fraction of sp³-hybridized carbons (Fsp3) is 0.818. The number of aliphatic hydroxyl groups is 1. The van der Waals surface area contributed by atoms with Gasteiger partial charge in [-0.05, 0) is 39.9 Å². The zero-order valence-electron chi connectivity index (χ0n) is 11.0. The minimum absolute atomic E-state index is 0.0868. The van der Waals surface area contributed by atoms with Crippen molar-refractivity contribution in [2.45, 2.75) is 52.9 Å².